The fourth-order valence-electron chi connectivity index (χ4n) is 3.90. The summed E-state index contributed by atoms with van der Waals surface area (Å²) < 4.78 is 5.85. The number of carbonyl (C=O) groups excluding carboxylic acids is 1. The molecule has 1 N–H and O–H groups in total. The number of carbonyl (C=O) groups is 1. The van der Waals surface area contributed by atoms with Crippen LogP contribution in [0, 0.1) is 11.3 Å². The number of ether oxygens (including phenoxy) is 1. The summed E-state index contributed by atoms with van der Waals surface area (Å²) in [5.74, 6) is 1.23. The Morgan fingerprint density at radius 3 is 2.46 bits per heavy atom. The molecule has 0 radical (unpaired) electrons. The van der Waals surface area contributed by atoms with Crippen LogP contribution < -0.4 is 4.74 Å². The van der Waals surface area contributed by atoms with Crippen LogP contribution in [-0.4, -0.2) is 28.1 Å². The molecule has 1 aliphatic carbocycles. The van der Waals surface area contributed by atoms with Crippen LogP contribution in [0.15, 0.2) is 48.5 Å². The number of hydrogen-bond donors (Lipinski definition) is 1. The number of aliphatic hydroxyl groups excluding tert-OH is 1. The van der Waals surface area contributed by atoms with Crippen LogP contribution in [0.3, 0.4) is 0 Å². The molecule has 0 saturated heterocycles. The summed E-state index contributed by atoms with van der Waals surface area (Å²) in [6, 6.07) is 16.4. The van der Waals surface area contributed by atoms with E-state index in [2.05, 4.69) is 6.07 Å². The van der Waals surface area contributed by atoms with E-state index in [9.17, 15) is 15.2 Å². The number of nitriles is 1. The lowest BCUT2D eigenvalue weighted by molar-refractivity contribution is 0.0479. The Bertz CT molecular complexity index is 851. The number of para-hydroxylation sites is 1. The van der Waals surface area contributed by atoms with Crippen LogP contribution in [0.2, 0.25) is 0 Å². The number of fused-ring (bicyclic) bond motifs is 1. The van der Waals surface area contributed by atoms with E-state index in [4.69, 9.17) is 4.74 Å². The quantitative estimate of drug-likeness (QED) is 0.915. The molecule has 1 fully saturated rings. The molecule has 132 valence electrons. The van der Waals surface area contributed by atoms with Crippen molar-refractivity contribution in [1.29, 1.82) is 5.26 Å². The van der Waals surface area contributed by atoms with E-state index in [0.29, 0.717) is 35.5 Å². The first-order valence-electron chi connectivity index (χ1n) is 8.94. The number of nitrogens with zero attached hydrogens (tertiary/aromatic N) is 2. The Morgan fingerprint density at radius 2 is 1.77 bits per heavy atom. The van der Waals surface area contributed by atoms with E-state index >= 15 is 0 Å². The zero-order chi connectivity index (χ0) is 18.1. The summed E-state index contributed by atoms with van der Waals surface area (Å²) in [6.45, 7) is 0. The molecule has 1 aliphatic heterocycles. The Hall–Kier alpha value is -2.84. The van der Waals surface area contributed by atoms with Crippen LogP contribution in [-0.2, 0) is 0 Å². The van der Waals surface area contributed by atoms with Gasteiger partial charge in [0.1, 0.15) is 17.5 Å². The van der Waals surface area contributed by atoms with Crippen LogP contribution in [0.1, 0.15) is 47.6 Å². The number of amides is 1. The van der Waals surface area contributed by atoms with Crippen molar-refractivity contribution in [2.24, 2.45) is 0 Å². The lowest BCUT2D eigenvalue weighted by Gasteiger charge is -2.34. The van der Waals surface area contributed by atoms with Crippen molar-refractivity contribution in [3.05, 3.63) is 59.7 Å². The highest BCUT2D eigenvalue weighted by Crippen LogP contribution is 2.40. The van der Waals surface area contributed by atoms with E-state index in [1.54, 1.807) is 23.1 Å². The molecule has 0 spiro atoms. The third-order valence-corrected chi connectivity index (χ3v) is 5.22. The third kappa shape index (κ3) is 2.93. The summed E-state index contributed by atoms with van der Waals surface area (Å²) in [6.07, 6.45) is 2.51. The number of rotatable bonds is 3. The summed E-state index contributed by atoms with van der Waals surface area (Å²) in [5.41, 5.74) is 1.28. The standard InChI is InChI=1S/C21H20N2O3/c22-13-20-19-12-17(26-16-4-2-1-3-5-16)10-11-18(19)21(25)23(20)14-6-8-15(24)9-7-14/h1-5,10-12,14-15,20,24H,6-9H2. The van der Waals surface area contributed by atoms with Gasteiger partial charge in [-0.1, -0.05) is 18.2 Å². The average molecular weight is 348 g/mol. The monoisotopic (exact) mass is 348 g/mol. The topological polar surface area (TPSA) is 73.6 Å². The molecule has 1 atom stereocenters. The second kappa shape index (κ2) is 6.81. The largest absolute Gasteiger partial charge is 0.457 e. The second-order valence-corrected chi connectivity index (χ2v) is 6.87. The van der Waals surface area contributed by atoms with Crippen LogP contribution >= 0.6 is 0 Å². The van der Waals surface area contributed by atoms with E-state index in [1.165, 1.54) is 0 Å². The minimum absolute atomic E-state index is 0.00133. The fourth-order valence-corrected chi connectivity index (χ4v) is 3.90. The summed E-state index contributed by atoms with van der Waals surface area (Å²) in [7, 11) is 0. The molecule has 26 heavy (non-hydrogen) atoms. The first kappa shape index (κ1) is 16.6. The molecular formula is C21H20N2O3. The van der Waals surface area contributed by atoms with Gasteiger partial charge in [-0.2, -0.15) is 5.26 Å². The van der Waals surface area contributed by atoms with Gasteiger partial charge in [0.15, 0.2) is 0 Å². The molecule has 5 heteroatoms. The average Bonchev–Trinajstić information content (AvgIpc) is 2.95. The van der Waals surface area contributed by atoms with Crippen LogP contribution in [0.4, 0.5) is 0 Å². The van der Waals surface area contributed by atoms with Crippen molar-refractivity contribution in [2.75, 3.05) is 0 Å². The van der Waals surface area contributed by atoms with Crippen LogP contribution in [0.25, 0.3) is 0 Å². The van der Waals surface area contributed by atoms with E-state index in [-0.39, 0.29) is 18.1 Å². The first-order chi connectivity index (χ1) is 12.7. The highest BCUT2D eigenvalue weighted by atomic mass is 16.5. The zero-order valence-corrected chi connectivity index (χ0v) is 14.3. The van der Waals surface area contributed by atoms with E-state index in [1.807, 2.05) is 30.3 Å². The predicted molar refractivity (Wildman–Crippen MR) is 95.7 cm³/mol. The maximum atomic E-state index is 12.9. The first-order valence-corrected chi connectivity index (χ1v) is 8.94. The second-order valence-electron chi connectivity index (χ2n) is 6.87. The maximum Gasteiger partial charge on any atom is 0.255 e. The lowest BCUT2D eigenvalue weighted by atomic mass is 9.91. The number of aliphatic hydroxyl groups is 1. The maximum absolute atomic E-state index is 12.9. The van der Waals surface area contributed by atoms with E-state index in [0.717, 1.165) is 12.8 Å². The van der Waals surface area contributed by atoms with Gasteiger partial charge in [0.05, 0.1) is 12.2 Å². The van der Waals surface area contributed by atoms with E-state index < -0.39 is 6.04 Å². The number of hydrogen-bond acceptors (Lipinski definition) is 4. The SMILES string of the molecule is N#CC1c2cc(Oc3ccccc3)ccc2C(=O)N1C1CCC(O)CC1. The summed E-state index contributed by atoms with van der Waals surface area (Å²) in [4.78, 5) is 14.6. The molecule has 0 aromatic heterocycles. The molecule has 1 unspecified atom stereocenters. The molecule has 1 amide bonds. The molecule has 2 aliphatic rings. The normalized spacial score (nSPS) is 24.8. The van der Waals surface area contributed by atoms with Gasteiger partial charge in [0, 0.05) is 17.2 Å². The van der Waals surface area contributed by atoms with Gasteiger partial charge in [-0.25, -0.2) is 0 Å². The van der Waals surface area contributed by atoms with Gasteiger partial charge >= 0.3 is 0 Å². The summed E-state index contributed by atoms with van der Waals surface area (Å²) in [5, 5.41) is 19.5. The Balaban J connectivity index is 1.62. The van der Waals surface area contributed by atoms with Gasteiger partial charge in [0.25, 0.3) is 5.91 Å². The predicted octanol–water partition coefficient (Wildman–Crippen LogP) is 3.80. The third-order valence-electron chi connectivity index (χ3n) is 5.22. The van der Waals surface area contributed by atoms with Gasteiger partial charge in [-0.15, -0.1) is 0 Å². The van der Waals surface area contributed by atoms with Crippen molar-refractivity contribution < 1.29 is 14.6 Å². The number of benzene rings is 2. The Morgan fingerprint density at radius 1 is 1.04 bits per heavy atom. The lowest BCUT2D eigenvalue weighted by Crippen LogP contribution is -2.41. The molecule has 1 saturated carbocycles. The molecule has 1 heterocycles. The van der Waals surface area contributed by atoms with Gasteiger partial charge in [0.2, 0.25) is 0 Å². The minimum Gasteiger partial charge on any atom is -0.457 e. The molecule has 2 aromatic rings. The van der Waals surface area contributed by atoms with Crippen molar-refractivity contribution in [2.45, 2.75) is 43.9 Å². The molecule has 2 aromatic carbocycles. The van der Waals surface area contributed by atoms with Crippen molar-refractivity contribution in [1.82, 2.24) is 4.90 Å². The highest BCUT2D eigenvalue weighted by molar-refractivity contribution is 6.00. The fraction of sp³-hybridized carbons (Fsp3) is 0.333. The van der Waals surface area contributed by atoms with Gasteiger partial charge < -0.3 is 14.7 Å². The highest BCUT2D eigenvalue weighted by Gasteiger charge is 2.42. The molecule has 0 bridgehead atoms. The Labute approximate surface area is 152 Å². The van der Waals surface area contributed by atoms with Crippen molar-refractivity contribution in [3.63, 3.8) is 0 Å². The van der Waals surface area contributed by atoms with Crippen molar-refractivity contribution >= 4 is 5.91 Å². The molecule has 4 rings (SSSR count). The zero-order valence-electron chi connectivity index (χ0n) is 14.3. The molecular weight excluding hydrogens is 328 g/mol. The minimum atomic E-state index is -0.600. The van der Waals surface area contributed by atoms with Crippen LogP contribution in [0.5, 0.6) is 11.5 Å². The summed E-state index contributed by atoms with van der Waals surface area (Å²) >= 11 is 0. The molecule has 5 nitrogen and oxygen atoms in total. The smallest absolute Gasteiger partial charge is 0.255 e. The van der Waals surface area contributed by atoms with Crippen molar-refractivity contribution in [3.8, 4) is 17.6 Å². The Kier molecular flexibility index (Phi) is 4.36. The van der Waals surface area contributed by atoms with Gasteiger partial charge in [-0.05, 0) is 56.0 Å². The van der Waals surface area contributed by atoms with Gasteiger partial charge in [-0.3, -0.25) is 4.79 Å².